The minimum absolute atomic E-state index is 0.107. The van der Waals surface area contributed by atoms with Crippen LogP contribution in [-0.2, 0) is 38.0 Å². The lowest BCUT2D eigenvalue weighted by molar-refractivity contribution is -0.359. The fraction of sp³-hybridized carbons (Fsp3) is 0.571. The maximum Gasteiger partial charge on any atom is 0.414 e. The fourth-order valence-corrected chi connectivity index (χ4v) is 3.27. The molecule has 0 saturated carbocycles. The number of nitrogens with zero attached hydrogens (tertiary/aromatic N) is 2. The van der Waals surface area contributed by atoms with E-state index >= 15 is 0 Å². The van der Waals surface area contributed by atoms with Gasteiger partial charge in [-0.05, 0) is 20.8 Å². The zero-order chi connectivity index (χ0) is 23.5. The zero-order valence-electron chi connectivity index (χ0n) is 18.7. The lowest BCUT2D eigenvalue weighted by atomic mass is 9.94. The van der Waals surface area contributed by atoms with Crippen LogP contribution in [0.3, 0.4) is 0 Å². The molecule has 2 saturated heterocycles. The van der Waals surface area contributed by atoms with Crippen LogP contribution in [-0.4, -0.2) is 67.3 Å². The van der Waals surface area contributed by atoms with Crippen LogP contribution in [0.5, 0.6) is 0 Å². The molecule has 2 fully saturated rings. The van der Waals surface area contributed by atoms with Crippen LogP contribution in [0.1, 0.15) is 34.0 Å². The monoisotopic (exact) mass is 435 g/mol. The summed E-state index contributed by atoms with van der Waals surface area (Å²) in [5.41, 5.74) is 8.62. The first kappa shape index (κ1) is 21.6. The first-order chi connectivity index (χ1) is 15.2. The van der Waals surface area contributed by atoms with Crippen molar-refractivity contribution < 1.29 is 44.2 Å². The Kier molecular flexibility index (Phi) is 6.74. The van der Waals surface area contributed by atoms with Crippen molar-refractivity contribution in [2.24, 2.45) is 5.41 Å². The summed E-state index contributed by atoms with van der Waals surface area (Å²) in [6.45, 7) is 5.15. The second kappa shape index (κ2) is 9.67. The maximum absolute atomic E-state index is 12.7. The van der Waals surface area contributed by atoms with E-state index in [4.69, 9.17) is 35.3 Å². The molecule has 1 aromatic carbocycles. The van der Waals surface area contributed by atoms with Crippen LogP contribution >= 0.6 is 0 Å². The van der Waals surface area contributed by atoms with Crippen molar-refractivity contribution >= 4 is 18.1 Å². The van der Waals surface area contributed by atoms with E-state index in [1.807, 2.05) is 30.3 Å². The number of benzene rings is 1. The molecule has 168 valence electrons. The van der Waals surface area contributed by atoms with Gasteiger partial charge >= 0.3 is 18.1 Å². The molecule has 0 amide bonds. The molecule has 31 heavy (non-hydrogen) atoms. The highest BCUT2D eigenvalue weighted by Crippen LogP contribution is 2.37. The molecule has 0 aliphatic carbocycles. The van der Waals surface area contributed by atoms with Crippen LogP contribution in [0.25, 0.3) is 5.53 Å². The van der Waals surface area contributed by atoms with Crippen LogP contribution in [0.15, 0.2) is 30.3 Å². The van der Waals surface area contributed by atoms with E-state index in [0.29, 0.717) is 0 Å². The van der Waals surface area contributed by atoms with Gasteiger partial charge in [-0.2, -0.15) is 4.79 Å². The Morgan fingerprint density at radius 1 is 1.19 bits per heavy atom. The molecule has 10 heteroatoms. The van der Waals surface area contributed by atoms with Gasteiger partial charge < -0.3 is 34.0 Å². The van der Waals surface area contributed by atoms with Crippen molar-refractivity contribution in [1.82, 2.24) is 0 Å². The molecule has 3 rings (SSSR count). The van der Waals surface area contributed by atoms with Crippen molar-refractivity contribution in [2.75, 3.05) is 13.7 Å². The molecular formula is C21H26N2O8. The third-order valence-electron chi connectivity index (χ3n) is 4.83. The quantitative estimate of drug-likeness (QED) is 0.296. The largest absolute Gasteiger partial charge is 0.455 e. The number of rotatable bonds is 5. The molecule has 10 nitrogen and oxygen atoms in total. The lowest BCUT2D eigenvalue weighted by Gasteiger charge is -2.48. The summed E-state index contributed by atoms with van der Waals surface area (Å²) >= 11 is 0. The number of hydrogen-bond donors (Lipinski definition) is 0. The first-order valence-electron chi connectivity index (χ1n) is 10.3. The van der Waals surface area contributed by atoms with Crippen LogP contribution in [0, 0.1) is 5.41 Å². The van der Waals surface area contributed by atoms with Crippen LogP contribution < -0.4 is 0 Å². The van der Waals surface area contributed by atoms with Crippen molar-refractivity contribution in [3.63, 3.8) is 0 Å². The van der Waals surface area contributed by atoms with Gasteiger partial charge in [0.2, 0.25) is 0 Å². The van der Waals surface area contributed by atoms with Crippen LogP contribution in [0.2, 0.25) is 0 Å². The number of methoxy groups -OCH3 is 1. The van der Waals surface area contributed by atoms with Crippen molar-refractivity contribution in [1.29, 1.82) is 0 Å². The Hall–Kier alpha value is -2.62. The number of ether oxygens (including phenoxy) is 6. The second-order valence-corrected chi connectivity index (χ2v) is 8.16. The number of esters is 2. The van der Waals surface area contributed by atoms with E-state index in [-0.39, 0.29) is 6.61 Å². The summed E-state index contributed by atoms with van der Waals surface area (Å²) in [5.74, 6) is -1.81. The maximum atomic E-state index is 12.7. The predicted molar refractivity (Wildman–Crippen MR) is 105 cm³/mol. The van der Waals surface area contributed by atoms with Gasteiger partial charge in [0.1, 0.15) is 12.2 Å². The van der Waals surface area contributed by atoms with E-state index in [9.17, 15) is 9.59 Å². The van der Waals surface area contributed by atoms with Crippen molar-refractivity contribution in [2.45, 2.75) is 57.8 Å². The highest BCUT2D eigenvalue weighted by atomic mass is 16.8. The molecule has 2 aliphatic rings. The Bertz CT molecular complexity index is 884. The van der Waals surface area contributed by atoms with Gasteiger partial charge in [-0.15, -0.1) is 0 Å². The number of carbonyl (C=O) groups excluding carboxylic acids is 2. The van der Waals surface area contributed by atoms with E-state index in [1.54, 1.807) is 20.8 Å². The zero-order valence-corrected chi connectivity index (χ0v) is 17.7. The summed E-state index contributed by atoms with van der Waals surface area (Å²) in [4.78, 5) is 27.4. The molecular weight excluding hydrogens is 408 g/mol. The molecule has 2 aliphatic heterocycles. The van der Waals surface area contributed by atoms with E-state index < -0.39 is 60.5 Å². The minimum atomic E-state index is -1.29. The van der Waals surface area contributed by atoms with Crippen molar-refractivity contribution in [3.8, 4) is 0 Å². The fourth-order valence-electron chi connectivity index (χ4n) is 3.27. The average molecular weight is 435 g/mol. The third kappa shape index (κ3) is 5.36. The molecule has 2 heterocycles. The standard InChI is InChI=1S/C21H26N2O8/c1-21(2,3)20(25)31-16-15-13(11-27-18(30-15)12-8-6-5-7-9-12)28-19(26-4)17(16)29-14(24)10-23-22/h5-10,13,15-19H,11H2,1-4H3/t13-,15-,16+,17+,18?,19+/m1/s1/i10D. The molecule has 6 atom stereocenters. The van der Waals surface area contributed by atoms with Crippen molar-refractivity contribution in [3.05, 3.63) is 41.4 Å². The van der Waals surface area contributed by atoms with Gasteiger partial charge in [0.15, 0.2) is 26.2 Å². The number of fused-ring (bicyclic) bond motifs is 1. The van der Waals surface area contributed by atoms with E-state index in [0.717, 1.165) is 5.56 Å². The van der Waals surface area contributed by atoms with E-state index in [2.05, 4.69) is 4.79 Å². The Balaban J connectivity index is 1.94. The topological polar surface area (TPSA) is 126 Å². The smallest absolute Gasteiger partial charge is 0.414 e. The molecule has 1 unspecified atom stereocenters. The molecule has 0 radical (unpaired) electrons. The normalized spacial score (nSPS) is 30.9. The summed E-state index contributed by atoms with van der Waals surface area (Å²) in [7, 11) is 1.33. The first-order valence-corrected chi connectivity index (χ1v) is 9.76. The highest BCUT2D eigenvalue weighted by Gasteiger charge is 2.54. The van der Waals surface area contributed by atoms with E-state index in [1.165, 1.54) is 7.11 Å². The summed E-state index contributed by atoms with van der Waals surface area (Å²) < 4.78 is 41.5. The van der Waals surface area contributed by atoms with Gasteiger partial charge in [0.05, 0.1) is 12.0 Å². The second-order valence-electron chi connectivity index (χ2n) is 8.16. The van der Waals surface area contributed by atoms with Crippen LogP contribution in [0.4, 0.5) is 0 Å². The number of carbonyl (C=O) groups is 2. The number of hydrogen-bond acceptors (Lipinski definition) is 8. The van der Waals surface area contributed by atoms with Gasteiger partial charge in [-0.1, -0.05) is 30.3 Å². The predicted octanol–water partition coefficient (Wildman–Crippen LogP) is 1.64. The Morgan fingerprint density at radius 3 is 2.52 bits per heavy atom. The lowest BCUT2D eigenvalue weighted by Crippen LogP contribution is -2.64. The SMILES string of the molecule is [2H]C(=[N+]=[N-])C(=O)O[C@@H]1[C@@H](OC)O[C@@H]2COC(c3ccccc3)O[C@H]2[C@@H]1OC(=O)C(C)(C)C. The summed E-state index contributed by atoms with van der Waals surface area (Å²) in [6.07, 6.45) is -6.94. The van der Waals surface area contributed by atoms with Gasteiger partial charge in [-0.25, -0.2) is 4.79 Å². The molecule has 0 N–H and O–H groups in total. The van der Waals surface area contributed by atoms with Gasteiger partial charge in [-0.3, -0.25) is 4.79 Å². The van der Waals surface area contributed by atoms with Gasteiger partial charge in [0.25, 0.3) is 0 Å². The Morgan fingerprint density at radius 2 is 1.90 bits per heavy atom. The average Bonchev–Trinajstić information content (AvgIpc) is 2.79. The molecule has 1 aromatic rings. The molecule has 0 aromatic heterocycles. The third-order valence-corrected chi connectivity index (χ3v) is 4.83. The molecule has 0 spiro atoms. The summed E-state index contributed by atoms with van der Waals surface area (Å²) in [5, 5.41) is 0. The highest BCUT2D eigenvalue weighted by molar-refractivity contribution is 6.20. The minimum Gasteiger partial charge on any atom is -0.455 e. The molecule has 0 bridgehead atoms. The summed E-state index contributed by atoms with van der Waals surface area (Å²) in [6, 6.07) is 9.16. The van der Waals surface area contributed by atoms with Gasteiger partial charge in [0, 0.05) is 12.7 Å². The Labute approximate surface area is 181 Å².